The van der Waals surface area contributed by atoms with E-state index >= 15 is 4.39 Å². The predicted molar refractivity (Wildman–Crippen MR) is 187 cm³/mol. The van der Waals surface area contributed by atoms with E-state index < -0.39 is 16.0 Å². The molecule has 0 unspecified atom stereocenters. The molecule has 9 rings (SSSR count). The monoisotopic (exact) mass is 687 g/mol. The summed E-state index contributed by atoms with van der Waals surface area (Å²) in [7, 11) is -3.68. The first-order chi connectivity index (χ1) is 23.8. The molecule has 0 aliphatic carbocycles. The fraction of sp³-hybridized carbons (Fsp3) is 0.500. The minimum absolute atomic E-state index is 0.0414. The normalized spacial score (nSPS) is 25.5. The minimum Gasteiger partial charge on any atom is -0.508 e. The maximum atomic E-state index is 16.9. The van der Waals surface area contributed by atoms with Gasteiger partial charge >= 0.3 is 6.01 Å². The van der Waals surface area contributed by atoms with E-state index in [1.807, 2.05) is 30.3 Å². The number of phenolic OH excluding ortho intramolecular Hbond substituents is 1. The van der Waals surface area contributed by atoms with Crippen LogP contribution >= 0.6 is 0 Å². The molecular weight excluding hydrogens is 646 g/mol. The Bertz CT molecular complexity index is 2020. The van der Waals surface area contributed by atoms with Gasteiger partial charge in [0, 0.05) is 48.7 Å². The molecule has 4 aromatic rings. The van der Waals surface area contributed by atoms with Crippen LogP contribution in [0.4, 0.5) is 10.2 Å². The first kappa shape index (κ1) is 31.4. The van der Waals surface area contributed by atoms with Gasteiger partial charge in [-0.2, -0.15) is 27.4 Å². The number of hydrogen-bond donors (Lipinski definition) is 3. The second kappa shape index (κ2) is 12.0. The number of nitrogens with one attached hydrogen (secondary N) is 2. The summed E-state index contributed by atoms with van der Waals surface area (Å²) in [5, 5.41) is 16.0. The molecule has 5 fully saturated rings. The maximum Gasteiger partial charge on any atom is 0.319 e. The summed E-state index contributed by atoms with van der Waals surface area (Å²) >= 11 is 0. The molecule has 5 saturated heterocycles. The van der Waals surface area contributed by atoms with E-state index in [9.17, 15) is 13.5 Å². The summed E-state index contributed by atoms with van der Waals surface area (Å²) in [4.78, 5) is 14.3. The number of hydrogen-bond acceptors (Lipinski definition) is 9. The highest BCUT2D eigenvalue weighted by atomic mass is 32.2. The summed E-state index contributed by atoms with van der Waals surface area (Å²) in [5.41, 5.74) is 1.01. The standard InChI is InChI=1S/C36H42FN7O4S/c37-32-29(31-18-27(45)17-23-5-1-2-6-28(23)31)9-10-30-33(32)39-35(48-22-36-12-3-15-43(36)16-4-13-36)40-34(30)42-20-25-7-8-26(21-42)44(25)49(46,47)41-24-11-14-38-19-24/h1-2,5-6,9-10,17-18,24-26,38,41,45H,3-4,7-8,11-16,19-22H2/t24-,25-,26+/m1/s1. The first-order valence-electron chi connectivity index (χ1n) is 17.6. The number of aromatic nitrogens is 2. The van der Waals surface area contributed by atoms with Gasteiger partial charge in [-0.15, -0.1) is 0 Å². The predicted octanol–water partition coefficient (Wildman–Crippen LogP) is 4.15. The zero-order chi connectivity index (χ0) is 33.3. The third-order valence-electron chi connectivity index (χ3n) is 11.6. The van der Waals surface area contributed by atoms with Crippen molar-refractivity contribution < 1.29 is 22.7 Å². The van der Waals surface area contributed by atoms with Crippen molar-refractivity contribution in [2.45, 2.75) is 68.6 Å². The topological polar surface area (TPSA) is 123 Å². The molecule has 1 aromatic heterocycles. The number of fused-ring (bicyclic) bond motifs is 5. The van der Waals surface area contributed by atoms with E-state index in [1.54, 1.807) is 22.5 Å². The van der Waals surface area contributed by atoms with E-state index in [2.05, 4.69) is 19.8 Å². The number of benzene rings is 3. The highest BCUT2D eigenvalue weighted by Crippen LogP contribution is 2.42. The Morgan fingerprint density at radius 2 is 1.76 bits per heavy atom. The lowest BCUT2D eigenvalue weighted by molar-refractivity contribution is 0.108. The molecule has 13 heteroatoms. The zero-order valence-corrected chi connectivity index (χ0v) is 28.3. The van der Waals surface area contributed by atoms with Gasteiger partial charge in [0.05, 0.1) is 5.54 Å². The average molecular weight is 688 g/mol. The Balaban J connectivity index is 1.10. The van der Waals surface area contributed by atoms with E-state index in [0.29, 0.717) is 48.6 Å². The van der Waals surface area contributed by atoms with Crippen molar-refractivity contribution in [3.8, 4) is 22.9 Å². The van der Waals surface area contributed by atoms with E-state index in [-0.39, 0.29) is 40.9 Å². The molecule has 0 spiro atoms. The van der Waals surface area contributed by atoms with Crippen LogP contribution in [-0.4, -0.2) is 102 Å². The van der Waals surface area contributed by atoms with Crippen molar-refractivity contribution in [3.05, 3.63) is 54.3 Å². The minimum atomic E-state index is -3.68. The highest BCUT2D eigenvalue weighted by molar-refractivity contribution is 7.87. The van der Waals surface area contributed by atoms with Crippen LogP contribution in [-0.2, 0) is 10.2 Å². The Kier molecular flexibility index (Phi) is 7.69. The molecule has 5 aliphatic heterocycles. The molecule has 0 saturated carbocycles. The van der Waals surface area contributed by atoms with Crippen molar-refractivity contribution in [1.29, 1.82) is 0 Å². The molecule has 5 aliphatic rings. The van der Waals surface area contributed by atoms with Crippen LogP contribution in [0.1, 0.15) is 44.9 Å². The van der Waals surface area contributed by atoms with Crippen LogP contribution in [0, 0.1) is 5.82 Å². The van der Waals surface area contributed by atoms with Crippen molar-refractivity contribution >= 4 is 37.7 Å². The fourth-order valence-electron chi connectivity index (χ4n) is 9.27. The molecule has 0 amide bonds. The van der Waals surface area contributed by atoms with Gasteiger partial charge in [-0.25, -0.2) is 4.39 Å². The third kappa shape index (κ3) is 5.41. The molecule has 11 nitrogen and oxygen atoms in total. The van der Waals surface area contributed by atoms with Gasteiger partial charge in [-0.3, -0.25) is 4.90 Å². The largest absolute Gasteiger partial charge is 0.508 e. The van der Waals surface area contributed by atoms with Crippen molar-refractivity contribution in [2.75, 3.05) is 50.8 Å². The smallest absolute Gasteiger partial charge is 0.319 e. The quantitative estimate of drug-likeness (QED) is 0.251. The lowest BCUT2D eigenvalue weighted by Crippen LogP contribution is -2.59. The Morgan fingerprint density at radius 1 is 0.980 bits per heavy atom. The van der Waals surface area contributed by atoms with Crippen LogP contribution in [0.2, 0.25) is 0 Å². The number of piperazine rings is 1. The number of rotatable bonds is 8. The average Bonchev–Trinajstić information content (AvgIpc) is 3.88. The number of ether oxygens (including phenoxy) is 1. The second-order valence-corrected chi connectivity index (χ2v) is 16.1. The maximum absolute atomic E-state index is 16.9. The van der Waals surface area contributed by atoms with Gasteiger partial charge in [0.2, 0.25) is 0 Å². The number of nitrogens with zero attached hydrogens (tertiary/aromatic N) is 5. The SMILES string of the molecule is O=S(=O)(N[C@@H]1CCNC1)N1[C@@H]2CC[C@H]1CN(c1nc(OCC34CCCN3CCC4)nc3c(F)c(-c4cc(O)cc5ccccc45)ccc13)C2. The van der Waals surface area contributed by atoms with Crippen LogP contribution in [0.25, 0.3) is 32.8 Å². The van der Waals surface area contributed by atoms with Gasteiger partial charge in [-0.05, 0) is 99.1 Å². The van der Waals surface area contributed by atoms with Crippen molar-refractivity contribution in [3.63, 3.8) is 0 Å². The Morgan fingerprint density at radius 3 is 2.51 bits per heavy atom. The number of halogens is 1. The summed E-state index contributed by atoms with van der Waals surface area (Å²) in [6.07, 6.45) is 6.64. The second-order valence-electron chi connectivity index (χ2n) is 14.5. The van der Waals surface area contributed by atoms with Crippen LogP contribution in [0.5, 0.6) is 11.8 Å². The van der Waals surface area contributed by atoms with E-state index in [4.69, 9.17) is 14.7 Å². The summed E-state index contributed by atoms with van der Waals surface area (Å²) < 4.78 is 55.1. The van der Waals surface area contributed by atoms with E-state index in [1.165, 1.54) is 0 Å². The molecule has 3 atom stereocenters. The molecular formula is C36H42FN7O4S. The summed E-state index contributed by atoms with van der Waals surface area (Å²) in [6, 6.07) is 14.0. The fourth-order valence-corrected chi connectivity index (χ4v) is 11.1. The van der Waals surface area contributed by atoms with Gasteiger partial charge in [-0.1, -0.05) is 30.3 Å². The van der Waals surface area contributed by atoms with Gasteiger partial charge < -0.3 is 20.1 Å². The summed E-state index contributed by atoms with van der Waals surface area (Å²) in [6.45, 7) is 4.87. The molecule has 3 aromatic carbocycles. The molecule has 3 N–H and O–H groups in total. The van der Waals surface area contributed by atoms with Crippen LogP contribution in [0.15, 0.2) is 48.5 Å². The Labute approximate surface area is 285 Å². The lowest BCUT2D eigenvalue weighted by Gasteiger charge is -2.41. The zero-order valence-electron chi connectivity index (χ0n) is 27.4. The Hall–Kier alpha value is -3.62. The molecule has 2 bridgehead atoms. The van der Waals surface area contributed by atoms with Gasteiger partial charge in [0.15, 0.2) is 5.82 Å². The molecule has 49 heavy (non-hydrogen) atoms. The number of anilines is 1. The molecule has 0 radical (unpaired) electrons. The first-order valence-corrected chi connectivity index (χ1v) is 19.1. The van der Waals surface area contributed by atoms with Crippen molar-refractivity contribution in [1.82, 2.24) is 29.2 Å². The van der Waals surface area contributed by atoms with Crippen LogP contribution < -0.4 is 19.7 Å². The molecule has 258 valence electrons. The lowest BCUT2D eigenvalue weighted by atomic mass is 9.95. The molecule has 6 heterocycles. The van der Waals surface area contributed by atoms with Gasteiger partial charge in [0.1, 0.15) is 23.7 Å². The van der Waals surface area contributed by atoms with E-state index in [0.717, 1.165) is 75.4 Å². The van der Waals surface area contributed by atoms with Gasteiger partial charge in [0.25, 0.3) is 10.2 Å². The number of phenols is 1. The third-order valence-corrected chi connectivity index (χ3v) is 13.3. The highest BCUT2D eigenvalue weighted by Gasteiger charge is 2.48. The van der Waals surface area contributed by atoms with Crippen molar-refractivity contribution in [2.24, 2.45) is 0 Å². The summed E-state index contributed by atoms with van der Waals surface area (Å²) in [5.74, 6) is 0.0988. The van der Waals surface area contributed by atoms with Crippen LogP contribution in [0.3, 0.4) is 0 Å². The number of aromatic hydroxyl groups is 1.